The highest BCUT2D eigenvalue weighted by Crippen LogP contribution is 2.27. The lowest BCUT2D eigenvalue weighted by atomic mass is 9.95. The van der Waals surface area contributed by atoms with Gasteiger partial charge in [-0.05, 0) is 79.9 Å². The summed E-state index contributed by atoms with van der Waals surface area (Å²) in [6.07, 6.45) is 1.82. The van der Waals surface area contributed by atoms with Crippen molar-refractivity contribution >= 4 is 11.7 Å². The molecule has 1 fully saturated rings. The lowest BCUT2D eigenvalue weighted by molar-refractivity contribution is 0.0707. The molecule has 0 unspecified atom stereocenters. The summed E-state index contributed by atoms with van der Waals surface area (Å²) < 4.78 is 26.4. The van der Waals surface area contributed by atoms with Crippen LogP contribution in [0.1, 0.15) is 39.1 Å². The summed E-state index contributed by atoms with van der Waals surface area (Å²) in [5.41, 5.74) is 1.88. The SMILES string of the molecule is O=C(CN1CCC(CN2Cc3cc(F)ccc3C2=O)CC1)c1ccc(F)cc1. The van der Waals surface area contributed by atoms with Crippen molar-refractivity contribution in [2.24, 2.45) is 5.92 Å². The molecule has 0 spiro atoms. The molecule has 2 aliphatic rings. The third-order valence-corrected chi connectivity index (χ3v) is 5.67. The Kier molecular flexibility index (Phi) is 5.22. The fraction of sp³-hybridized carbons (Fsp3) is 0.364. The van der Waals surface area contributed by atoms with E-state index in [9.17, 15) is 18.4 Å². The average Bonchev–Trinajstić information content (AvgIpc) is 2.98. The number of carbonyl (C=O) groups is 2. The van der Waals surface area contributed by atoms with Crippen molar-refractivity contribution in [1.82, 2.24) is 9.80 Å². The number of benzene rings is 2. The van der Waals surface area contributed by atoms with E-state index in [-0.39, 0.29) is 23.3 Å². The molecule has 0 N–H and O–H groups in total. The zero-order valence-electron chi connectivity index (χ0n) is 15.5. The van der Waals surface area contributed by atoms with Crippen LogP contribution in [0.4, 0.5) is 8.78 Å². The maximum Gasteiger partial charge on any atom is 0.254 e. The summed E-state index contributed by atoms with van der Waals surface area (Å²) >= 11 is 0. The Bertz CT molecular complexity index is 890. The van der Waals surface area contributed by atoms with E-state index in [1.54, 1.807) is 11.0 Å². The normalized spacial score (nSPS) is 17.8. The Morgan fingerprint density at radius 1 is 1.00 bits per heavy atom. The number of hydrogen-bond donors (Lipinski definition) is 0. The molecule has 2 aliphatic heterocycles. The summed E-state index contributed by atoms with van der Waals surface area (Å²) in [6, 6.07) is 9.98. The van der Waals surface area contributed by atoms with Crippen molar-refractivity contribution in [2.45, 2.75) is 19.4 Å². The van der Waals surface area contributed by atoms with Crippen LogP contribution in [-0.2, 0) is 6.54 Å². The molecular formula is C22H22F2N2O2. The van der Waals surface area contributed by atoms with Gasteiger partial charge in [0, 0.05) is 24.2 Å². The molecule has 4 nitrogen and oxygen atoms in total. The molecule has 6 heteroatoms. The lowest BCUT2D eigenvalue weighted by Crippen LogP contribution is -2.40. The molecule has 1 amide bonds. The van der Waals surface area contributed by atoms with Crippen LogP contribution in [0.3, 0.4) is 0 Å². The Hall–Kier alpha value is -2.60. The molecule has 1 saturated heterocycles. The Morgan fingerprint density at radius 2 is 1.68 bits per heavy atom. The van der Waals surface area contributed by atoms with Crippen molar-refractivity contribution in [3.8, 4) is 0 Å². The van der Waals surface area contributed by atoms with E-state index in [2.05, 4.69) is 4.90 Å². The topological polar surface area (TPSA) is 40.6 Å². The Labute approximate surface area is 162 Å². The molecule has 2 aromatic rings. The summed E-state index contributed by atoms with van der Waals surface area (Å²) in [5, 5.41) is 0. The van der Waals surface area contributed by atoms with Crippen molar-refractivity contribution in [3.05, 3.63) is 70.8 Å². The first kappa shape index (κ1) is 18.7. The van der Waals surface area contributed by atoms with E-state index in [0.29, 0.717) is 36.7 Å². The third kappa shape index (κ3) is 3.97. The number of rotatable bonds is 5. The number of hydrogen-bond acceptors (Lipinski definition) is 3. The minimum Gasteiger partial charge on any atom is -0.334 e. The molecule has 2 aromatic carbocycles. The highest BCUT2D eigenvalue weighted by Gasteiger charge is 2.31. The third-order valence-electron chi connectivity index (χ3n) is 5.67. The maximum atomic E-state index is 13.4. The second-order valence-electron chi connectivity index (χ2n) is 7.64. The van der Waals surface area contributed by atoms with Gasteiger partial charge in [-0.1, -0.05) is 0 Å². The monoisotopic (exact) mass is 384 g/mol. The van der Waals surface area contributed by atoms with E-state index >= 15 is 0 Å². The van der Waals surface area contributed by atoms with Crippen molar-refractivity contribution < 1.29 is 18.4 Å². The van der Waals surface area contributed by atoms with Crippen LogP contribution in [0.25, 0.3) is 0 Å². The van der Waals surface area contributed by atoms with Crippen LogP contribution in [-0.4, -0.2) is 47.7 Å². The van der Waals surface area contributed by atoms with Gasteiger partial charge in [0.15, 0.2) is 5.78 Å². The van der Waals surface area contributed by atoms with Gasteiger partial charge in [0.2, 0.25) is 0 Å². The first-order chi connectivity index (χ1) is 13.5. The van der Waals surface area contributed by atoms with Gasteiger partial charge < -0.3 is 4.90 Å². The number of piperidine rings is 1. The van der Waals surface area contributed by atoms with Crippen LogP contribution >= 0.6 is 0 Å². The van der Waals surface area contributed by atoms with E-state index in [1.165, 1.54) is 36.4 Å². The highest BCUT2D eigenvalue weighted by molar-refractivity contribution is 5.98. The van der Waals surface area contributed by atoms with Gasteiger partial charge in [-0.2, -0.15) is 0 Å². The Morgan fingerprint density at radius 3 is 2.39 bits per heavy atom. The molecule has 0 saturated carbocycles. The molecule has 0 aliphatic carbocycles. The van der Waals surface area contributed by atoms with Gasteiger partial charge in [0.25, 0.3) is 5.91 Å². The summed E-state index contributed by atoms with van der Waals surface area (Å²) in [5.74, 6) is -0.318. The molecule has 0 bridgehead atoms. The van der Waals surface area contributed by atoms with Crippen molar-refractivity contribution in [3.63, 3.8) is 0 Å². The number of Topliss-reactive ketones (excluding diaryl/α,β-unsaturated/α-hetero) is 1. The van der Waals surface area contributed by atoms with Gasteiger partial charge >= 0.3 is 0 Å². The molecule has 0 aromatic heterocycles. The lowest BCUT2D eigenvalue weighted by Gasteiger charge is -2.33. The molecule has 0 atom stereocenters. The largest absolute Gasteiger partial charge is 0.334 e. The number of carbonyl (C=O) groups excluding carboxylic acids is 2. The summed E-state index contributed by atoms with van der Waals surface area (Å²) in [7, 11) is 0. The standard InChI is InChI=1S/C22H22F2N2O2/c23-18-3-1-16(2-4-18)21(27)14-25-9-7-15(8-10-25)12-26-13-17-11-19(24)5-6-20(17)22(26)28/h1-6,11,15H,7-10,12-14H2. The summed E-state index contributed by atoms with van der Waals surface area (Å²) in [6.45, 7) is 3.04. The van der Waals surface area contributed by atoms with Crippen LogP contribution in [0.5, 0.6) is 0 Å². The van der Waals surface area contributed by atoms with Gasteiger partial charge in [-0.25, -0.2) is 8.78 Å². The number of likely N-dealkylation sites (tertiary alicyclic amines) is 1. The molecule has 4 rings (SSSR count). The predicted molar refractivity (Wildman–Crippen MR) is 101 cm³/mol. The maximum absolute atomic E-state index is 13.4. The number of fused-ring (bicyclic) bond motifs is 1. The van der Waals surface area contributed by atoms with E-state index in [1.807, 2.05) is 0 Å². The second kappa shape index (κ2) is 7.80. The number of amides is 1. The molecule has 0 radical (unpaired) electrons. The number of ketones is 1. The molecular weight excluding hydrogens is 362 g/mol. The van der Waals surface area contributed by atoms with Crippen LogP contribution < -0.4 is 0 Å². The zero-order chi connectivity index (χ0) is 19.7. The second-order valence-corrected chi connectivity index (χ2v) is 7.64. The quantitative estimate of drug-likeness (QED) is 0.741. The van der Waals surface area contributed by atoms with Crippen LogP contribution in [0.15, 0.2) is 42.5 Å². The fourth-order valence-electron chi connectivity index (χ4n) is 4.07. The predicted octanol–water partition coefficient (Wildman–Crippen LogP) is 3.52. The van der Waals surface area contributed by atoms with Gasteiger partial charge in [-0.15, -0.1) is 0 Å². The minimum atomic E-state index is -0.348. The van der Waals surface area contributed by atoms with Crippen molar-refractivity contribution in [2.75, 3.05) is 26.2 Å². The highest BCUT2D eigenvalue weighted by atomic mass is 19.1. The van der Waals surface area contributed by atoms with Crippen LogP contribution in [0.2, 0.25) is 0 Å². The fourth-order valence-corrected chi connectivity index (χ4v) is 4.07. The van der Waals surface area contributed by atoms with E-state index in [0.717, 1.165) is 31.5 Å². The molecule has 28 heavy (non-hydrogen) atoms. The van der Waals surface area contributed by atoms with Gasteiger partial charge in [0.05, 0.1) is 6.54 Å². The van der Waals surface area contributed by atoms with Gasteiger partial charge in [-0.3, -0.25) is 14.5 Å². The molecule has 2 heterocycles. The minimum absolute atomic E-state index is 0.00866. The smallest absolute Gasteiger partial charge is 0.254 e. The zero-order valence-corrected chi connectivity index (χ0v) is 15.5. The van der Waals surface area contributed by atoms with Gasteiger partial charge in [0.1, 0.15) is 11.6 Å². The molecule has 146 valence electrons. The average molecular weight is 384 g/mol. The van der Waals surface area contributed by atoms with Crippen molar-refractivity contribution in [1.29, 1.82) is 0 Å². The number of halogens is 2. The van der Waals surface area contributed by atoms with E-state index < -0.39 is 0 Å². The number of nitrogens with zero attached hydrogens (tertiary/aromatic N) is 2. The van der Waals surface area contributed by atoms with Crippen LogP contribution in [0, 0.1) is 17.6 Å². The Balaban J connectivity index is 1.27. The van der Waals surface area contributed by atoms with E-state index in [4.69, 9.17) is 0 Å². The summed E-state index contributed by atoms with van der Waals surface area (Å²) in [4.78, 5) is 28.7. The first-order valence-corrected chi connectivity index (χ1v) is 9.58. The first-order valence-electron chi connectivity index (χ1n) is 9.58.